The van der Waals surface area contributed by atoms with Crippen molar-refractivity contribution in [2.75, 3.05) is 5.32 Å². The van der Waals surface area contributed by atoms with Crippen LogP contribution in [-0.2, 0) is 6.61 Å². The van der Waals surface area contributed by atoms with Crippen LogP contribution in [0.5, 0.6) is 5.75 Å². The molecule has 0 radical (unpaired) electrons. The minimum Gasteiger partial charge on any atom is -0.487 e. The SMILES string of the molecule is CC(=O)c1cccc(NC(=O)c2cccc(OCc3cn4cccc(C)c4n3)c2)c1. The molecule has 1 N–H and O–H groups in total. The number of hydrogen-bond donors (Lipinski definition) is 1. The molecule has 0 atom stereocenters. The van der Waals surface area contributed by atoms with E-state index in [1.165, 1.54) is 6.92 Å². The number of amides is 1. The van der Waals surface area contributed by atoms with Gasteiger partial charge in [-0.1, -0.05) is 24.3 Å². The highest BCUT2D eigenvalue weighted by molar-refractivity contribution is 6.05. The van der Waals surface area contributed by atoms with Crippen LogP contribution >= 0.6 is 0 Å². The molecule has 2 aromatic carbocycles. The van der Waals surface area contributed by atoms with E-state index in [-0.39, 0.29) is 11.7 Å². The Morgan fingerprint density at radius 3 is 2.63 bits per heavy atom. The highest BCUT2D eigenvalue weighted by atomic mass is 16.5. The van der Waals surface area contributed by atoms with Gasteiger partial charge in [-0.2, -0.15) is 0 Å². The number of carbonyl (C=O) groups is 2. The summed E-state index contributed by atoms with van der Waals surface area (Å²) in [6, 6.07) is 17.8. The smallest absolute Gasteiger partial charge is 0.255 e. The van der Waals surface area contributed by atoms with E-state index in [4.69, 9.17) is 4.74 Å². The molecule has 0 fully saturated rings. The van der Waals surface area contributed by atoms with Crippen LogP contribution < -0.4 is 10.1 Å². The third-order valence-corrected chi connectivity index (χ3v) is 4.74. The summed E-state index contributed by atoms with van der Waals surface area (Å²) in [5.41, 5.74) is 4.38. The van der Waals surface area contributed by atoms with Crippen LogP contribution in [0.25, 0.3) is 5.65 Å². The second-order valence-corrected chi connectivity index (χ2v) is 7.06. The molecule has 0 saturated heterocycles. The van der Waals surface area contributed by atoms with Crippen molar-refractivity contribution in [1.29, 1.82) is 0 Å². The molecular weight excluding hydrogens is 378 g/mol. The van der Waals surface area contributed by atoms with Crippen LogP contribution in [0.2, 0.25) is 0 Å². The first kappa shape index (κ1) is 19.4. The second-order valence-electron chi connectivity index (χ2n) is 7.06. The number of pyridine rings is 1. The van der Waals surface area contributed by atoms with Crippen LogP contribution in [0.3, 0.4) is 0 Å². The Kier molecular flexibility index (Phi) is 5.30. The van der Waals surface area contributed by atoms with Crippen molar-refractivity contribution in [3.8, 4) is 5.75 Å². The van der Waals surface area contributed by atoms with Gasteiger partial charge >= 0.3 is 0 Å². The summed E-state index contributed by atoms with van der Waals surface area (Å²) >= 11 is 0. The number of aryl methyl sites for hydroxylation is 1. The van der Waals surface area contributed by atoms with Gasteiger partial charge in [0.25, 0.3) is 5.91 Å². The van der Waals surface area contributed by atoms with E-state index in [0.717, 1.165) is 16.9 Å². The van der Waals surface area contributed by atoms with Gasteiger partial charge in [0.2, 0.25) is 0 Å². The molecule has 1 amide bonds. The molecule has 2 heterocycles. The van der Waals surface area contributed by atoms with Gasteiger partial charge in [0, 0.05) is 29.2 Å². The molecule has 150 valence electrons. The van der Waals surface area contributed by atoms with Gasteiger partial charge in [-0.05, 0) is 55.8 Å². The summed E-state index contributed by atoms with van der Waals surface area (Å²) in [5.74, 6) is 0.252. The van der Waals surface area contributed by atoms with E-state index >= 15 is 0 Å². The summed E-state index contributed by atoms with van der Waals surface area (Å²) in [6.07, 6.45) is 3.88. The zero-order valence-corrected chi connectivity index (χ0v) is 16.8. The number of nitrogens with one attached hydrogen (secondary N) is 1. The Labute approximate surface area is 174 Å². The Bertz CT molecular complexity index is 1240. The minimum atomic E-state index is -0.274. The lowest BCUT2D eigenvalue weighted by Crippen LogP contribution is -2.12. The van der Waals surface area contributed by atoms with Crippen LogP contribution in [0.15, 0.2) is 73.1 Å². The van der Waals surface area contributed by atoms with Crippen molar-refractivity contribution >= 4 is 23.0 Å². The summed E-state index contributed by atoms with van der Waals surface area (Å²) in [5, 5.41) is 2.82. The summed E-state index contributed by atoms with van der Waals surface area (Å²) in [7, 11) is 0. The minimum absolute atomic E-state index is 0.0522. The van der Waals surface area contributed by atoms with Crippen molar-refractivity contribution < 1.29 is 14.3 Å². The number of imidazole rings is 1. The monoisotopic (exact) mass is 399 g/mol. The van der Waals surface area contributed by atoms with Crippen LogP contribution in [0, 0.1) is 6.92 Å². The molecule has 0 aliphatic heterocycles. The predicted octanol–water partition coefficient (Wildman–Crippen LogP) is 4.68. The lowest BCUT2D eigenvalue weighted by atomic mass is 10.1. The maximum Gasteiger partial charge on any atom is 0.255 e. The zero-order valence-electron chi connectivity index (χ0n) is 16.8. The molecule has 0 aliphatic rings. The fourth-order valence-corrected chi connectivity index (χ4v) is 3.18. The van der Waals surface area contributed by atoms with E-state index < -0.39 is 0 Å². The first-order chi connectivity index (χ1) is 14.5. The first-order valence-corrected chi connectivity index (χ1v) is 9.58. The maximum atomic E-state index is 12.6. The largest absolute Gasteiger partial charge is 0.487 e. The Hall–Kier alpha value is -3.93. The molecule has 0 saturated carbocycles. The molecule has 0 spiro atoms. The summed E-state index contributed by atoms with van der Waals surface area (Å²) < 4.78 is 7.82. The molecule has 0 bridgehead atoms. The lowest BCUT2D eigenvalue weighted by molar-refractivity contribution is 0.101. The molecule has 4 aromatic rings. The number of nitrogens with zero attached hydrogens (tertiary/aromatic N) is 2. The van der Waals surface area contributed by atoms with Gasteiger partial charge in [-0.25, -0.2) is 4.98 Å². The van der Waals surface area contributed by atoms with Gasteiger partial charge in [-0.15, -0.1) is 0 Å². The number of benzene rings is 2. The topological polar surface area (TPSA) is 72.7 Å². The van der Waals surface area contributed by atoms with Gasteiger partial charge in [0.15, 0.2) is 5.78 Å². The molecule has 4 rings (SSSR count). The molecular formula is C24H21N3O3. The highest BCUT2D eigenvalue weighted by Gasteiger charge is 2.10. The Balaban J connectivity index is 1.45. The van der Waals surface area contributed by atoms with E-state index in [0.29, 0.717) is 29.2 Å². The molecule has 0 unspecified atom stereocenters. The van der Waals surface area contributed by atoms with Crippen molar-refractivity contribution in [3.05, 3.63) is 95.4 Å². The third-order valence-electron chi connectivity index (χ3n) is 4.74. The zero-order chi connectivity index (χ0) is 21.1. The highest BCUT2D eigenvalue weighted by Crippen LogP contribution is 2.18. The maximum absolute atomic E-state index is 12.6. The van der Waals surface area contributed by atoms with Crippen molar-refractivity contribution in [2.45, 2.75) is 20.5 Å². The predicted molar refractivity (Wildman–Crippen MR) is 115 cm³/mol. The number of Topliss-reactive ketones (excluding diaryl/α,β-unsaturated/α-hetero) is 1. The Morgan fingerprint density at radius 2 is 1.83 bits per heavy atom. The van der Waals surface area contributed by atoms with Crippen molar-refractivity contribution in [2.24, 2.45) is 0 Å². The fraction of sp³-hybridized carbons (Fsp3) is 0.125. The van der Waals surface area contributed by atoms with Crippen LogP contribution in [0.4, 0.5) is 5.69 Å². The van der Waals surface area contributed by atoms with Crippen LogP contribution in [-0.4, -0.2) is 21.1 Å². The van der Waals surface area contributed by atoms with Gasteiger partial charge < -0.3 is 14.5 Å². The third kappa shape index (κ3) is 4.22. The average molecular weight is 399 g/mol. The second kappa shape index (κ2) is 8.21. The van der Waals surface area contributed by atoms with Gasteiger partial charge in [-0.3, -0.25) is 9.59 Å². The summed E-state index contributed by atoms with van der Waals surface area (Å²) in [4.78, 5) is 28.7. The van der Waals surface area contributed by atoms with Gasteiger partial charge in [0.05, 0.1) is 5.69 Å². The van der Waals surface area contributed by atoms with E-state index in [2.05, 4.69) is 10.3 Å². The number of rotatable bonds is 6. The average Bonchev–Trinajstić information content (AvgIpc) is 3.17. The van der Waals surface area contributed by atoms with Crippen LogP contribution in [0.1, 0.15) is 38.9 Å². The first-order valence-electron chi connectivity index (χ1n) is 9.58. The number of ether oxygens (including phenoxy) is 1. The fourth-order valence-electron chi connectivity index (χ4n) is 3.18. The van der Waals surface area contributed by atoms with E-state index in [9.17, 15) is 9.59 Å². The van der Waals surface area contributed by atoms with E-state index in [1.807, 2.05) is 35.9 Å². The number of carbonyl (C=O) groups excluding carboxylic acids is 2. The van der Waals surface area contributed by atoms with Gasteiger partial charge in [0.1, 0.15) is 18.0 Å². The number of ketones is 1. The molecule has 30 heavy (non-hydrogen) atoms. The van der Waals surface area contributed by atoms with E-state index in [1.54, 1.807) is 48.5 Å². The molecule has 6 nitrogen and oxygen atoms in total. The molecule has 6 heteroatoms. The number of anilines is 1. The van der Waals surface area contributed by atoms with Crippen molar-refractivity contribution in [3.63, 3.8) is 0 Å². The lowest BCUT2D eigenvalue weighted by Gasteiger charge is -2.09. The number of hydrogen-bond acceptors (Lipinski definition) is 4. The van der Waals surface area contributed by atoms with Crippen molar-refractivity contribution in [1.82, 2.24) is 9.38 Å². The summed E-state index contributed by atoms with van der Waals surface area (Å²) in [6.45, 7) is 3.81. The standard InChI is InChI=1S/C24H21N3O3/c1-16-6-5-11-27-14-21(25-23(16)27)15-30-22-10-4-8-19(13-22)24(29)26-20-9-3-7-18(12-20)17(2)28/h3-14H,15H2,1-2H3,(H,26,29). The molecule has 0 aliphatic carbocycles. The number of fused-ring (bicyclic) bond motifs is 1. The normalized spacial score (nSPS) is 10.7. The Morgan fingerprint density at radius 1 is 1.03 bits per heavy atom. The quantitative estimate of drug-likeness (QED) is 0.478. The molecule has 2 aromatic heterocycles. The number of aromatic nitrogens is 2.